The molecule has 1 heterocycles. The third-order valence-corrected chi connectivity index (χ3v) is 3.33. The summed E-state index contributed by atoms with van der Waals surface area (Å²) in [7, 11) is 1.70. The molecule has 3 nitrogen and oxygen atoms in total. The molecule has 17 heavy (non-hydrogen) atoms. The predicted molar refractivity (Wildman–Crippen MR) is 72.8 cm³/mol. The van der Waals surface area contributed by atoms with E-state index in [1.807, 2.05) is 0 Å². The molecule has 0 saturated heterocycles. The molecule has 0 aromatic carbocycles. The van der Waals surface area contributed by atoms with E-state index in [0.717, 1.165) is 26.0 Å². The Morgan fingerprint density at radius 2 is 2.24 bits per heavy atom. The molecule has 0 amide bonds. The van der Waals surface area contributed by atoms with E-state index in [-0.39, 0.29) is 0 Å². The van der Waals surface area contributed by atoms with Gasteiger partial charge < -0.3 is 14.8 Å². The van der Waals surface area contributed by atoms with Crippen LogP contribution in [0.4, 0.5) is 0 Å². The van der Waals surface area contributed by atoms with Crippen molar-refractivity contribution in [3.05, 3.63) is 22.4 Å². The van der Waals surface area contributed by atoms with Crippen LogP contribution in [-0.4, -0.2) is 39.5 Å². The van der Waals surface area contributed by atoms with Crippen molar-refractivity contribution >= 4 is 11.3 Å². The van der Waals surface area contributed by atoms with Crippen LogP contribution in [0.25, 0.3) is 0 Å². The molecule has 1 N–H and O–H groups in total. The van der Waals surface area contributed by atoms with E-state index < -0.39 is 0 Å². The third kappa shape index (κ3) is 6.78. The molecule has 0 bridgehead atoms. The van der Waals surface area contributed by atoms with Gasteiger partial charge in [-0.1, -0.05) is 6.92 Å². The van der Waals surface area contributed by atoms with Gasteiger partial charge in [0.2, 0.25) is 0 Å². The first-order valence-electron chi connectivity index (χ1n) is 6.18. The summed E-state index contributed by atoms with van der Waals surface area (Å²) in [6.07, 6.45) is 2.14. The summed E-state index contributed by atoms with van der Waals surface area (Å²) in [6.45, 7) is 5.31. The Bertz CT molecular complexity index is 264. The standard InChI is InChI=1S/C13H23NO2S/c1-3-14-13(4-6-16-8-7-15-2)10-12-5-9-17-11-12/h5,9,11,13-14H,3-4,6-8,10H2,1-2H3. The largest absolute Gasteiger partial charge is 0.382 e. The smallest absolute Gasteiger partial charge is 0.0700 e. The van der Waals surface area contributed by atoms with E-state index in [2.05, 4.69) is 29.1 Å². The quantitative estimate of drug-likeness (QED) is 0.653. The second-order valence-corrected chi connectivity index (χ2v) is 4.76. The van der Waals surface area contributed by atoms with Gasteiger partial charge in [0.05, 0.1) is 13.2 Å². The second kappa shape index (κ2) is 9.59. The third-order valence-electron chi connectivity index (χ3n) is 2.60. The zero-order chi connectivity index (χ0) is 12.3. The predicted octanol–water partition coefficient (Wildman–Crippen LogP) is 2.32. The maximum Gasteiger partial charge on any atom is 0.0700 e. The van der Waals surface area contributed by atoms with Crippen LogP contribution in [0.2, 0.25) is 0 Å². The molecule has 1 aromatic heterocycles. The summed E-state index contributed by atoms with van der Waals surface area (Å²) in [5, 5.41) is 7.86. The van der Waals surface area contributed by atoms with Crippen LogP contribution in [0.5, 0.6) is 0 Å². The SMILES string of the molecule is CCNC(CCOCCOC)Cc1ccsc1. The lowest BCUT2D eigenvalue weighted by Crippen LogP contribution is -2.32. The van der Waals surface area contributed by atoms with Gasteiger partial charge in [-0.25, -0.2) is 0 Å². The molecule has 0 spiro atoms. The van der Waals surface area contributed by atoms with Gasteiger partial charge in [-0.3, -0.25) is 0 Å². The molecule has 0 aliphatic heterocycles. The number of likely N-dealkylation sites (N-methyl/N-ethyl adjacent to an activating group) is 1. The zero-order valence-electron chi connectivity index (χ0n) is 10.8. The molecule has 0 radical (unpaired) electrons. The molecule has 1 atom stereocenters. The maximum atomic E-state index is 5.51. The Hall–Kier alpha value is -0.420. The van der Waals surface area contributed by atoms with Crippen LogP contribution in [0.15, 0.2) is 16.8 Å². The molecule has 0 aliphatic carbocycles. The van der Waals surface area contributed by atoms with Gasteiger partial charge in [0.25, 0.3) is 0 Å². The molecule has 4 heteroatoms. The summed E-state index contributed by atoms with van der Waals surface area (Å²) < 4.78 is 10.5. The number of hydrogen-bond acceptors (Lipinski definition) is 4. The molecular formula is C13H23NO2S. The van der Waals surface area contributed by atoms with E-state index in [0.29, 0.717) is 19.3 Å². The van der Waals surface area contributed by atoms with E-state index in [4.69, 9.17) is 9.47 Å². The molecule has 0 aliphatic rings. The summed E-state index contributed by atoms with van der Waals surface area (Å²) in [5.41, 5.74) is 1.41. The van der Waals surface area contributed by atoms with Crippen molar-refractivity contribution in [2.45, 2.75) is 25.8 Å². The van der Waals surface area contributed by atoms with Crippen molar-refractivity contribution in [3.8, 4) is 0 Å². The van der Waals surface area contributed by atoms with Crippen molar-refractivity contribution in [1.82, 2.24) is 5.32 Å². The minimum atomic E-state index is 0.511. The normalized spacial score (nSPS) is 12.8. The highest BCUT2D eigenvalue weighted by Gasteiger charge is 2.08. The van der Waals surface area contributed by atoms with E-state index in [1.54, 1.807) is 18.4 Å². The van der Waals surface area contributed by atoms with E-state index in [1.165, 1.54) is 5.56 Å². The number of hydrogen-bond donors (Lipinski definition) is 1. The van der Waals surface area contributed by atoms with Gasteiger partial charge in [-0.05, 0) is 41.8 Å². The lowest BCUT2D eigenvalue weighted by Gasteiger charge is -2.17. The average molecular weight is 257 g/mol. The van der Waals surface area contributed by atoms with Gasteiger partial charge in [0, 0.05) is 19.8 Å². The Kier molecular flexibility index (Phi) is 8.26. The number of thiophene rings is 1. The summed E-state index contributed by atoms with van der Waals surface area (Å²) in [4.78, 5) is 0. The van der Waals surface area contributed by atoms with Crippen LogP contribution >= 0.6 is 11.3 Å². The van der Waals surface area contributed by atoms with Gasteiger partial charge in [0.15, 0.2) is 0 Å². The molecule has 1 unspecified atom stereocenters. The minimum Gasteiger partial charge on any atom is -0.382 e. The number of methoxy groups -OCH3 is 1. The second-order valence-electron chi connectivity index (χ2n) is 3.98. The van der Waals surface area contributed by atoms with Crippen molar-refractivity contribution in [1.29, 1.82) is 0 Å². The number of ether oxygens (including phenoxy) is 2. The fourth-order valence-corrected chi connectivity index (χ4v) is 2.41. The number of rotatable bonds is 10. The van der Waals surface area contributed by atoms with Gasteiger partial charge in [-0.15, -0.1) is 0 Å². The topological polar surface area (TPSA) is 30.5 Å². The Balaban J connectivity index is 2.18. The Morgan fingerprint density at radius 3 is 2.88 bits per heavy atom. The average Bonchev–Trinajstić information content (AvgIpc) is 2.82. The van der Waals surface area contributed by atoms with Crippen LogP contribution in [0.3, 0.4) is 0 Å². The van der Waals surface area contributed by atoms with Crippen LogP contribution in [0.1, 0.15) is 18.9 Å². The molecular weight excluding hydrogens is 234 g/mol. The van der Waals surface area contributed by atoms with Crippen LogP contribution < -0.4 is 5.32 Å². The first-order valence-corrected chi connectivity index (χ1v) is 7.12. The van der Waals surface area contributed by atoms with Crippen LogP contribution in [0, 0.1) is 0 Å². The molecule has 1 rings (SSSR count). The summed E-state index contributed by atoms with van der Waals surface area (Å²) in [5.74, 6) is 0. The Labute approximate surface area is 108 Å². The highest BCUT2D eigenvalue weighted by molar-refractivity contribution is 7.07. The van der Waals surface area contributed by atoms with E-state index in [9.17, 15) is 0 Å². The summed E-state index contributed by atoms with van der Waals surface area (Å²) >= 11 is 1.76. The minimum absolute atomic E-state index is 0.511. The molecule has 1 aromatic rings. The van der Waals surface area contributed by atoms with Crippen molar-refractivity contribution < 1.29 is 9.47 Å². The fraction of sp³-hybridized carbons (Fsp3) is 0.692. The van der Waals surface area contributed by atoms with Crippen molar-refractivity contribution in [2.24, 2.45) is 0 Å². The fourth-order valence-electron chi connectivity index (χ4n) is 1.73. The zero-order valence-corrected chi connectivity index (χ0v) is 11.6. The lowest BCUT2D eigenvalue weighted by atomic mass is 10.1. The molecule has 98 valence electrons. The highest BCUT2D eigenvalue weighted by Crippen LogP contribution is 2.10. The van der Waals surface area contributed by atoms with Gasteiger partial charge >= 0.3 is 0 Å². The number of nitrogens with one attached hydrogen (secondary N) is 1. The van der Waals surface area contributed by atoms with E-state index >= 15 is 0 Å². The summed E-state index contributed by atoms with van der Waals surface area (Å²) in [6, 6.07) is 2.71. The van der Waals surface area contributed by atoms with Gasteiger partial charge in [-0.2, -0.15) is 11.3 Å². The van der Waals surface area contributed by atoms with Crippen molar-refractivity contribution in [2.75, 3.05) is 33.5 Å². The lowest BCUT2D eigenvalue weighted by molar-refractivity contribution is 0.0659. The Morgan fingerprint density at radius 1 is 1.35 bits per heavy atom. The highest BCUT2D eigenvalue weighted by atomic mass is 32.1. The monoisotopic (exact) mass is 257 g/mol. The van der Waals surface area contributed by atoms with Gasteiger partial charge in [0.1, 0.15) is 0 Å². The molecule has 0 fully saturated rings. The molecule has 0 saturated carbocycles. The maximum absolute atomic E-state index is 5.51. The van der Waals surface area contributed by atoms with Crippen LogP contribution in [-0.2, 0) is 15.9 Å². The van der Waals surface area contributed by atoms with Crippen molar-refractivity contribution in [3.63, 3.8) is 0 Å². The first-order chi connectivity index (χ1) is 8.36. The first kappa shape index (κ1) is 14.6.